The molecule has 5 fully saturated rings. The third-order valence-corrected chi connectivity index (χ3v) is 23.6. The molecule has 1 aliphatic heterocycles. The predicted octanol–water partition coefficient (Wildman–Crippen LogP) is 16.1. The molecule has 10 aromatic heterocycles. The molecule has 0 spiro atoms. The van der Waals surface area contributed by atoms with Crippen LogP contribution in [0.15, 0.2) is 146 Å². The molecule has 26 nitrogen and oxygen atoms in total. The minimum Gasteiger partial charge on any atom is -0.377 e. The molecule has 0 bridgehead atoms. The molecule has 12 aromatic rings. The maximum Gasteiger partial charge on any atom is 0.176 e. The molecule has 38 heteroatoms. The summed E-state index contributed by atoms with van der Waals surface area (Å²) >= 11 is 6.25. The van der Waals surface area contributed by atoms with Crippen molar-refractivity contribution in [1.82, 2.24) is 73.0 Å². The summed E-state index contributed by atoms with van der Waals surface area (Å²) in [5, 5.41) is 40.5. The summed E-state index contributed by atoms with van der Waals surface area (Å²) in [6.45, 7) is 10.2. The van der Waals surface area contributed by atoms with Crippen molar-refractivity contribution in [3.8, 4) is 22.5 Å². The van der Waals surface area contributed by atoms with Gasteiger partial charge in [0.05, 0.1) is 67.0 Å². The van der Waals surface area contributed by atoms with Gasteiger partial charge in [-0.05, 0) is 188 Å². The highest BCUT2D eigenvalue weighted by molar-refractivity contribution is 7.60. The molecule has 0 radical (unpaired) electrons. The summed E-state index contributed by atoms with van der Waals surface area (Å²) in [6, 6.07) is 36.7. The van der Waals surface area contributed by atoms with E-state index in [0.717, 1.165) is 226 Å². The number of halogens is 2. The lowest BCUT2D eigenvalue weighted by Gasteiger charge is -2.18. The molecule has 19 rings (SSSR count). The minimum absolute atomic E-state index is 0. The van der Waals surface area contributed by atoms with Crippen LogP contribution in [0.5, 0.6) is 0 Å². The van der Waals surface area contributed by atoms with Crippen molar-refractivity contribution in [2.75, 3.05) is 39.8 Å². The maximum atomic E-state index is 13.1. The maximum absolute atomic E-state index is 13.1. The fourth-order valence-corrected chi connectivity index (χ4v) is 17.1. The molecule has 6 aliphatic carbocycles. The van der Waals surface area contributed by atoms with Crippen LogP contribution in [0.3, 0.4) is 0 Å². The zero-order valence-corrected chi connectivity index (χ0v) is 81.8. The Morgan fingerprint density at radius 3 is 1.10 bits per heavy atom. The Bertz CT molecular complexity index is 5180. The number of nitrogens with one attached hydrogen (secondary N) is 5. The van der Waals surface area contributed by atoms with Gasteiger partial charge in [-0.2, -0.15) is 183 Å². The molecule has 2 aromatic carbocycles. The summed E-state index contributed by atoms with van der Waals surface area (Å²) in [4.78, 5) is 23.6. The summed E-state index contributed by atoms with van der Waals surface area (Å²) in [7, 11) is 0. The second-order valence-corrected chi connectivity index (χ2v) is 32.6. The summed E-state index contributed by atoms with van der Waals surface area (Å²) in [6.07, 6.45) is 37.0. The topological polar surface area (TPSA) is 350 Å². The van der Waals surface area contributed by atoms with E-state index in [1.54, 1.807) is 46.0 Å². The van der Waals surface area contributed by atoms with Crippen LogP contribution in [-0.2, 0) is 4.74 Å². The van der Waals surface area contributed by atoms with E-state index < -0.39 is 0 Å². The van der Waals surface area contributed by atoms with Crippen LogP contribution in [0.25, 0.3) is 61.9 Å². The lowest BCUT2D eigenvalue weighted by molar-refractivity contribution is 0.161. The van der Waals surface area contributed by atoms with Gasteiger partial charge in [0.1, 0.15) is 39.9 Å². The van der Waals surface area contributed by atoms with E-state index in [-0.39, 0.29) is 147 Å². The fraction of sp³-hybridized carbons (Fsp3) is 0.465. The number of nitrogens with two attached hydrogens (primary N) is 5. The molecule has 10 atom stereocenters. The Morgan fingerprint density at radius 2 is 0.774 bits per heavy atom. The molecule has 0 amide bonds. The second kappa shape index (κ2) is 51.0. The van der Waals surface area contributed by atoms with Crippen molar-refractivity contribution in [3.63, 3.8) is 0 Å². The van der Waals surface area contributed by atoms with Crippen molar-refractivity contribution < 1.29 is 9.13 Å². The van der Waals surface area contributed by atoms with Crippen molar-refractivity contribution in [2.45, 2.75) is 241 Å². The minimum atomic E-state index is -0.252. The van der Waals surface area contributed by atoms with Crippen LogP contribution in [0.1, 0.15) is 203 Å². The lowest BCUT2D eigenvalue weighted by Crippen LogP contribution is -2.22. The van der Waals surface area contributed by atoms with E-state index in [1.807, 2.05) is 50.1 Å². The van der Waals surface area contributed by atoms with Gasteiger partial charge in [0.25, 0.3) is 0 Å². The highest BCUT2D eigenvalue weighted by atomic mass is 35.5. The number of benzene rings is 2. The van der Waals surface area contributed by atoms with E-state index in [2.05, 4.69) is 145 Å². The quantitative estimate of drug-likeness (QED) is 0.0381. The smallest absolute Gasteiger partial charge is 0.176 e. The molecule has 7 aliphatic rings. The number of fused-ring (bicyclic) bond motifs is 5. The van der Waals surface area contributed by atoms with Gasteiger partial charge >= 0.3 is 0 Å². The largest absolute Gasteiger partial charge is 0.377 e. The standard InChI is InChI=1S/C20H25N5.C17H18FN5.C17H23N5.C16H24ClN5.C16H21N5O.10H2S/c1-13(2)14-3-5-15(6-4-14)18-12-20(23-17-8-7-16(21)11-17)25-19(24-18)9-10-22-25;18-12-3-1-11(2-4-12)15-10-17(21-14-6-5-13(19)9-14)23-16(22-15)7-8-20-23;18-13-6-7-14(10-13)20-17-11-15(12-4-2-1-3-5-12)21-16-8-9-19-22(16)17;1-3-10(4-2)14-8-15(20-12-6-5-11(18)7-12)22-16(21-14)13(17)9-19-22;17-12-1-2-13(9-12)19-16-10-14(11-4-7-22-8-5-11)20-15-3-6-18-21(15)16;;;;;;;;;;/h3-6,9-10,12-13,16-17,23H,7-8,11,21H2,1-2H3;1-4,7-8,10,13-14,21H,5-6,9,19H2;4,8-9,11,13-14,20H,1-3,5-7,10,18H2;8-12,20H,3-7,18H2,1-2H3;3-4,6,10,12-13,19H,1-2,5,7-9,17H2;10*1H2/t16-,17-;2*13-,14-;11-,12-;12-,13-;;;;;;;;;;/m00000........../s1. The third kappa shape index (κ3) is 27.3. The number of nitrogens with zero attached hydrogens (tertiary/aromatic N) is 15. The molecular weight excluding hydrogens is 1770 g/mol. The van der Waals surface area contributed by atoms with Gasteiger partial charge in [0.2, 0.25) is 0 Å². The van der Waals surface area contributed by atoms with Crippen LogP contribution < -0.4 is 55.3 Å². The molecule has 11 heterocycles. The van der Waals surface area contributed by atoms with Gasteiger partial charge in [0, 0.05) is 138 Å². The number of anilines is 5. The number of ether oxygens (including phenoxy) is 1. The molecule has 124 heavy (non-hydrogen) atoms. The number of hydrogen-bond acceptors (Lipinski definition) is 21. The van der Waals surface area contributed by atoms with Crippen LogP contribution in [-0.4, -0.2) is 147 Å². The first-order chi connectivity index (χ1) is 55.5. The molecule has 5 saturated carbocycles. The first-order valence-electron chi connectivity index (χ1n) is 41.4. The van der Waals surface area contributed by atoms with Crippen LogP contribution in [0.2, 0.25) is 5.02 Å². The van der Waals surface area contributed by atoms with Crippen molar-refractivity contribution in [2.24, 2.45) is 28.7 Å². The number of hydrogen-bond donors (Lipinski definition) is 10. The van der Waals surface area contributed by atoms with Gasteiger partial charge in [-0.1, -0.05) is 75.7 Å². The number of rotatable bonds is 18. The Hall–Kier alpha value is -6.50. The Kier molecular flexibility index (Phi) is 44.5. The zero-order chi connectivity index (χ0) is 78.8. The average molecular weight is 1910 g/mol. The number of aromatic nitrogens is 15. The Labute approximate surface area is 802 Å². The predicted molar refractivity (Wildman–Crippen MR) is 558 cm³/mol. The van der Waals surface area contributed by atoms with Crippen molar-refractivity contribution in [1.29, 1.82) is 0 Å². The Balaban J connectivity index is 0.000000270. The van der Waals surface area contributed by atoms with Gasteiger partial charge < -0.3 is 60.0 Å². The highest BCUT2D eigenvalue weighted by Gasteiger charge is 2.29. The lowest BCUT2D eigenvalue weighted by atomic mass is 9.97. The van der Waals surface area contributed by atoms with Crippen LogP contribution in [0.4, 0.5) is 33.5 Å². The molecule has 0 unspecified atom stereocenters. The van der Waals surface area contributed by atoms with E-state index in [1.165, 1.54) is 48.1 Å². The van der Waals surface area contributed by atoms with E-state index >= 15 is 0 Å². The molecule has 680 valence electrons. The van der Waals surface area contributed by atoms with Gasteiger partial charge in [-0.25, -0.2) is 29.3 Å². The van der Waals surface area contributed by atoms with Gasteiger partial charge in [0.15, 0.2) is 28.2 Å². The molecule has 15 N–H and O–H groups in total. The fourth-order valence-electron chi connectivity index (χ4n) is 16.9. The zero-order valence-electron chi connectivity index (χ0n) is 71.0. The third-order valence-electron chi connectivity index (χ3n) is 23.3. The molecular formula is C86H131ClFN25OS10. The average Bonchev–Trinajstić information content (AvgIpc) is 1.99. The summed E-state index contributed by atoms with van der Waals surface area (Å²) in [5.74, 6) is 5.60. The number of allylic oxidation sites excluding steroid dienone is 2. The Morgan fingerprint density at radius 1 is 0.419 bits per heavy atom. The normalized spacial score (nSPS) is 20.9. The second-order valence-electron chi connectivity index (χ2n) is 32.2. The highest BCUT2D eigenvalue weighted by Crippen LogP contribution is 2.35. The van der Waals surface area contributed by atoms with E-state index in [0.29, 0.717) is 77.8 Å². The first kappa shape index (κ1) is 108. The summed E-state index contributed by atoms with van der Waals surface area (Å²) in [5.41, 5.74) is 45.2. The van der Waals surface area contributed by atoms with Crippen molar-refractivity contribution >= 4 is 215 Å². The monoisotopic (exact) mass is 1900 g/mol. The first-order valence-corrected chi connectivity index (χ1v) is 41.7. The van der Waals surface area contributed by atoms with Gasteiger partial charge in [-0.15, -0.1) is 0 Å². The molecule has 0 saturated heterocycles. The SMILES string of the molecule is CC(C)c1ccc(-c2cc(N[C@H]3CC[C@H](N)C3)n3nccc3n2)cc1.CCC(CC)c1cc(N[C@H]2CC[C@H](N)C2)n2ncc(Cl)c2n1.N[C@H]1CC[C@H](Nc2cc(-c3ccc(F)cc3)nc3ccnn23)C1.N[C@H]1CC[C@H](Nc2cc(C3=CCCCC3)nc3ccnn23)C1.N[C@H]1CC[C@H](Nc2cc(C3=CCOCC3)nc3ccnn23)C1.S.S.S.S.S.S.S.S.S.S. The van der Waals surface area contributed by atoms with E-state index in [4.69, 9.17) is 64.9 Å². The van der Waals surface area contributed by atoms with Crippen LogP contribution in [0, 0.1) is 5.82 Å². The van der Waals surface area contributed by atoms with Crippen molar-refractivity contribution in [3.05, 3.63) is 180 Å². The van der Waals surface area contributed by atoms with Crippen LogP contribution >= 0.6 is 147 Å². The summed E-state index contributed by atoms with van der Waals surface area (Å²) < 4.78 is 27.8. The van der Waals surface area contributed by atoms with Gasteiger partial charge in [-0.3, -0.25) is 0 Å². The van der Waals surface area contributed by atoms with E-state index in [9.17, 15) is 4.39 Å².